The SMILES string of the molecule is CCC1SCC(C(=O)O)N1C(=O)CCN1C(=O)CCC1=O. The molecule has 8 heteroatoms. The summed E-state index contributed by atoms with van der Waals surface area (Å²) in [6.45, 7) is 1.94. The molecule has 0 aliphatic carbocycles. The molecular formula is C13H18N2O5S. The van der Waals surface area contributed by atoms with Crippen LogP contribution in [0.4, 0.5) is 0 Å². The summed E-state index contributed by atoms with van der Waals surface area (Å²) in [5.41, 5.74) is 0. The first-order chi connectivity index (χ1) is 9.95. The molecule has 2 aliphatic heterocycles. The molecule has 0 aromatic carbocycles. The molecule has 1 N–H and O–H groups in total. The molecule has 3 amide bonds. The highest BCUT2D eigenvalue weighted by Gasteiger charge is 2.41. The number of nitrogens with zero attached hydrogens (tertiary/aromatic N) is 2. The number of rotatable bonds is 5. The molecule has 2 fully saturated rings. The van der Waals surface area contributed by atoms with Crippen LogP contribution in [0, 0.1) is 0 Å². The number of thioether (sulfide) groups is 1. The van der Waals surface area contributed by atoms with Crippen molar-refractivity contribution in [3.63, 3.8) is 0 Å². The van der Waals surface area contributed by atoms with Gasteiger partial charge in [-0.3, -0.25) is 19.3 Å². The average Bonchev–Trinajstić information content (AvgIpc) is 3.01. The first-order valence-corrected chi connectivity index (χ1v) is 7.99. The van der Waals surface area contributed by atoms with Crippen molar-refractivity contribution in [3.05, 3.63) is 0 Å². The van der Waals surface area contributed by atoms with Crippen LogP contribution in [0.5, 0.6) is 0 Å². The monoisotopic (exact) mass is 314 g/mol. The molecule has 2 unspecified atom stereocenters. The predicted octanol–water partition coefficient (Wildman–Crippen LogP) is 0.290. The summed E-state index contributed by atoms with van der Waals surface area (Å²) in [7, 11) is 0. The Hall–Kier alpha value is -1.57. The third-order valence-corrected chi connectivity index (χ3v) is 5.17. The number of carbonyl (C=O) groups is 4. The molecule has 21 heavy (non-hydrogen) atoms. The fourth-order valence-corrected chi connectivity index (χ4v) is 3.98. The highest BCUT2D eigenvalue weighted by atomic mass is 32.2. The molecule has 2 heterocycles. The fourth-order valence-electron chi connectivity index (χ4n) is 2.61. The van der Waals surface area contributed by atoms with Crippen molar-refractivity contribution in [1.29, 1.82) is 0 Å². The lowest BCUT2D eigenvalue weighted by Crippen LogP contribution is -2.46. The van der Waals surface area contributed by atoms with Crippen molar-refractivity contribution in [1.82, 2.24) is 9.80 Å². The van der Waals surface area contributed by atoms with E-state index in [4.69, 9.17) is 0 Å². The van der Waals surface area contributed by atoms with Crippen molar-refractivity contribution in [3.8, 4) is 0 Å². The molecule has 116 valence electrons. The Morgan fingerprint density at radius 3 is 2.43 bits per heavy atom. The summed E-state index contributed by atoms with van der Waals surface area (Å²) in [6.07, 6.45) is 1.05. The van der Waals surface area contributed by atoms with Crippen LogP contribution in [-0.4, -0.2) is 62.3 Å². The number of likely N-dealkylation sites (tertiary alicyclic amines) is 1. The van der Waals surface area contributed by atoms with Crippen LogP contribution >= 0.6 is 11.8 Å². The van der Waals surface area contributed by atoms with Crippen molar-refractivity contribution >= 4 is 35.5 Å². The molecule has 2 rings (SSSR count). The lowest BCUT2D eigenvalue weighted by Gasteiger charge is -2.27. The van der Waals surface area contributed by atoms with E-state index >= 15 is 0 Å². The number of hydrogen-bond acceptors (Lipinski definition) is 5. The summed E-state index contributed by atoms with van der Waals surface area (Å²) < 4.78 is 0. The van der Waals surface area contributed by atoms with Gasteiger partial charge in [-0.1, -0.05) is 6.92 Å². The minimum Gasteiger partial charge on any atom is -0.480 e. The van der Waals surface area contributed by atoms with Gasteiger partial charge in [0, 0.05) is 31.6 Å². The Kier molecular flexibility index (Phi) is 4.87. The average molecular weight is 314 g/mol. The minimum absolute atomic E-state index is 0.0156. The van der Waals surface area contributed by atoms with Gasteiger partial charge in [0.05, 0.1) is 5.37 Å². The van der Waals surface area contributed by atoms with E-state index in [9.17, 15) is 24.3 Å². The summed E-state index contributed by atoms with van der Waals surface area (Å²) in [4.78, 5) is 49.0. The maximum absolute atomic E-state index is 12.3. The normalized spacial score (nSPS) is 25.8. The Balaban J connectivity index is 1.99. The number of carboxylic acid groups (broad SMARTS) is 1. The number of amides is 3. The van der Waals surface area contributed by atoms with E-state index in [1.807, 2.05) is 6.92 Å². The molecule has 0 bridgehead atoms. The second-order valence-corrected chi connectivity index (χ2v) is 6.25. The van der Waals surface area contributed by atoms with E-state index in [1.165, 1.54) is 16.7 Å². The van der Waals surface area contributed by atoms with Crippen LogP contribution in [0.1, 0.15) is 32.6 Å². The Labute approximate surface area is 126 Å². The standard InChI is InChI=1S/C13H18N2O5S/c1-2-12-15(8(7-21-12)13(19)20)11(18)5-6-14-9(16)3-4-10(14)17/h8,12H,2-7H2,1H3,(H,19,20). The van der Waals surface area contributed by atoms with Crippen LogP contribution in [0.2, 0.25) is 0 Å². The summed E-state index contributed by atoms with van der Waals surface area (Å²) in [5, 5.41) is 9.03. The molecule has 0 spiro atoms. The van der Waals surface area contributed by atoms with Crippen molar-refractivity contribution in [2.45, 2.75) is 44.0 Å². The molecular weight excluding hydrogens is 296 g/mol. The molecule has 0 aromatic heterocycles. The predicted molar refractivity (Wildman–Crippen MR) is 75.4 cm³/mol. The molecule has 0 aromatic rings. The van der Waals surface area contributed by atoms with Crippen molar-refractivity contribution in [2.75, 3.05) is 12.3 Å². The molecule has 0 saturated carbocycles. The number of aliphatic carboxylic acids is 1. The first-order valence-electron chi connectivity index (χ1n) is 6.94. The number of carboxylic acids is 1. The smallest absolute Gasteiger partial charge is 0.327 e. The van der Waals surface area contributed by atoms with Crippen LogP contribution in [0.15, 0.2) is 0 Å². The fraction of sp³-hybridized carbons (Fsp3) is 0.692. The van der Waals surface area contributed by atoms with Crippen LogP contribution in [-0.2, 0) is 19.2 Å². The third-order valence-electron chi connectivity index (χ3n) is 3.72. The van der Waals surface area contributed by atoms with Crippen LogP contribution in [0.3, 0.4) is 0 Å². The lowest BCUT2D eigenvalue weighted by atomic mass is 10.2. The van der Waals surface area contributed by atoms with E-state index in [1.54, 1.807) is 0 Å². The van der Waals surface area contributed by atoms with Gasteiger partial charge >= 0.3 is 5.97 Å². The number of hydrogen-bond donors (Lipinski definition) is 1. The molecule has 2 saturated heterocycles. The zero-order chi connectivity index (χ0) is 15.6. The van der Waals surface area contributed by atoms with Gasteiger partial charge < -0.3 is 10.0 Å². The van der Waals surface area contributed by atoms with E-state index < -0.39 is 12.0 Å². The van der Waals surface area contributed by atoms with Crippen LogP contribution in [0.25, 0.3) is 0 Å². The maximum atomic E-state index is 12.3. The Morgan fingerprint density at radius 2 is 1.90 bits per heavy atom. The molecule has 7 nitrogen and oxygen atoms in total. The Morgan fingerprint density at radius 1 is 1.29 bits per heavy atom. The first kappa shape index (κ1) is 15.8. The zero-order valence-electron chi connectivity index (χ0n) is 11.8. The van der Waals surface area contributed by atoms with Crippen molar-refractivity contribution < 1.29 is 24.3 Å². The van der Waals surface area contributed by atoms with Gasteiger partial charge in [-0.25, -0.2) is 4.79 Å². The number of carbonyl (C=O) groups excluding carboxylic acids is 3. The van der Waals surface area contributed by atoms with Gasteiger partial charge in [0.15, 0.2) is 0 Å². The summed E-state index contributed by atoms with van der Waals surface area (Å²) in [5.74, 6) is -1.47. The van der Waals surface area contributed by atoms with Gasteiger partial charge in [0.1, 0.15) is 6.04 Å². The minimum atomic E-state index is -1.01. The van der Waals surface area contributed by atoms with E-state index in [-0.39, 0.29) is 48.9 Å². The largest absolute Gasteiger partial charge is 0.480 e. The third kappa shape index (κ3) is 3.20. The highest BCUT2D eigenvalue weighted by Crippen LogP contribution is 2.32. The second kappa shape index (κ2) is 6.46. The quantitative estimate of drug-likeness (QED) is 0.733. The summed E-state index contributed by atoms with van der Waals surface area (Å²) >= 11 is 1.45. The second-order valence-electron chi connectivity index (χ2n) is 5.04. The van der Waals surface area contributed by atoms with E-state index in [2.05, 4.69) is 0 Å². The summed E-state index contributed by atoms with van der Waals surface area (Å²) in [6, 6.07) is -0.822. The topological polar surface area (TPSA) is 95.0 Å². The highest BCUT2D eigenvalue weighted by molar-refractivity contribution is 8.00. The van der Waals surface area contributed by atoms with Crippen LogP contribution < -0.4 is 0 Å². The van der Waals surface area contributed by atoms with E-state index in [0.29, 0.717) is 12.2 Å². The molecule has 2 aliphatic rings. The van der Waals surface area contributed by atoms with Gasteiger partial charge in [-0.15, -0.1) is 11.8 Å². The molecule has 0 radical (unpaired) electrons. The van der Waals surface area contributed by atoms with E-state index in [0.717, 1.165) is 4.90 Å². The number of imide groups is 1. The molecule has 2 atom stereocenters. The maximum Gasteiger partial charge on any atom is 0.327 e. The van der Waals surface area contributed by atoms with Gasteiger partial charge in [-0.2, -0.15) is 0 Å². The van der Waals surface area contributed by atoms with Gasteiger partial charge in [-0.05, 0) is 6.42 Å². The van der Waals surface area contributed by atoms with Gasteiger partial charge in [0.2, 0.25) is 17.7 Å². The lowest BCUT2D eigenvalue weighted by molar-refractivity contribution is -0.150. The van der Waals surface area contributed by atoms with Crippen molar-refractivity contribution in [2.24, 2.45) is 0 Å². The van der Waals surface area contributed by atoms with Gasteiger partial charge in [0.25, 0.3) is 0 Å². The Bertz CT molecular complexity index is 465. The zero-order valence-corrected chi connectivity index (χ0v) is 12.6.